The van der Waals surface area contributed by atoms with Gasteiger partial charge < -0.3 is 9.80 Å². The minimum absolute atomic E-state index is 0.000649. The molecule has 3 aromatic rings. The second-order valence-electron chi connectivity index (χ2n) is 9.64. The van der Waals surface area contributed by atoms with Crippen molar-refractivity contribution >= 4 is 39.6 Å². The van der Waals surface area contributed by atoms with Gasteiger partial charge in [-0.05, 0) is 73.2 Å². The molecule has 1 aliphatic carbocycles. The number of aromatic nitrogens is 1. The van der Waals surface area contributed by atoms with Crippen LogP contribution in [0, 0.1) is 5.92 Å². The van der Waals surface area contributed by atoms with E-state index in [1.165, 1.54) is 17.3 Å². The number of fused-ring (bicyclic) bond motifs is 2. The van der Waals surface area contributed by atoms with Gasteiger partial charge in [0.1, 0.15) is 11.2 Å². The Kier molecular flexibility index (Phi) is 6.34. The number of halogens is 1. The Morgan fingerprint density at radius 2 is 1.86 bits per heavy atom. The van der Waals surface area contributed by atoms with E-state index in [0.717, 1.165) is 27.9 Å². The number of anilines is 1. The van der Waals surface area contributed by atoms with Crippen molar-refractivity contribution < 1.29 is 13.2 Å². The van der Waals surface area contributed by atoms with Gasteiger partial charge >= 0.3 is 0 Å². The van der Waals surface area contributed by atoms with E-state index in [1.807, 2.05) is 25.1 Å². The molecular formula is C27H27ClN4O3S. The molecule has 186 valence electrons. The largest absolute Gasteiger partial charge is 0.368 e. The molecule has 2 aliphatic rings. The van der Waals surface area contributed by atoms with E-state index >= 15 is 0 Å². The van der Waals surface area contributed by atoms with E-state index in [2.05, 4.69) is 27.6 Å². The summed E-state index contributed by atoms with van der Waals surface area (Å²) in [7, 11) is -0.646. The van der Waals surface area contributed by atoms with Crippen LogP contribution in [0.4, 0.5) is 5.69 Å². The van der Waals surface area contributed by atoms with Gasteiger partial charge in [-0.15, -0.1) is 4.40 Å². The number of carbonyl (C=O) groups is 1. The number of rotatable bonds is 5. The fraction of sp³-hybridized carbons (Fsp3) is 0.296. The lowest BCUT2D eigenvalue weighted by molar-refractivity contribution is -0.122. The van der Waals surface area contributed by atoms with Gasteiger partial charge in [-0.3, -0.25) is 9.78 Å². The fourth-order valence-electron chi connectivity index (χ4n) is 5.05. The van der Waals surface area contributed by atoms with Crippen LogP contribution in [0.5, 0.6) is 0 Å². The summed E-state index contributed by atoms with van der Waals surface area (Å²) >= 11 is 6.36. The predicted molar refractivity (Wildman–Crippen MR) is 142 cm³/mol. The number of amides is 1. The summed E-state index contributed by atoms with van der Waals surface area (Å²) in [6.07, 6.45) is 4.90. The number of hydrogen-bond acceptors (Lipinski definition) is 4. The molecule has 1 aromatic heterocycles. The normalized spacial score (nSPS) is 18.9. The highest BCUT2D eigenvalue weighted by molar-refractivity contribution is 7.90. The maximum atomic E-state index is 13.8. The first-order valence-corrected chi connectivity index (χ1v) is 13.6. The van der Waals surface area contributed by atoms with Crippen molar-refractivity contribution in [1.29, 1.82) is 0 Å². The molecule has 5 rings (SSSR count). The highest BCUT2D eigenvalue weighted by Crippen LogP contribution is 2.40. The van der Waals surface area contributed by atoms with Crippen molar-refractivity contribution in [3.63, 3.8) is 0 Å². The van der Waals surface area contributed by atoms with Crippen LogP contribution in [0.1, 0.15) is 23.6 Å². The Bertz CT molecular complexity index is 1470. The standard InChI is InChI=1S/C27H27ClN4O3S/c1-17-10-21-14-23(28)26(36(34,35)30-16-31(2)3)15-25(21)32(17)27(33)22-11-18-7-8-19(12-20(18)13-22)24-6-4-5-9-29-24/h4-9,12,14-17,22H,10-11,13H2,1-3H3/b30-16+/t17-,22-/m1/s1. The molecule has 2 heterocycles. The number of benzene rings is 2. The third-order valence-electron chi connectivity index (χ3n) is 6.73. The van der Waals surface area contributed by atoms with Crippen molar-refractivity contribution in [3.8, 4) is 11.3 Å². The Hall–Kier alpha value is -3.23. The fourth-order valence-corrected chi connectivity index (χ4v) is 6.52. The SMILES string of the molecule is C[C@@H]1Cc2cc(Cl)c(S(=O)(=O)/N=C/N(C)C)cc2N1C(=O)[C@@H]1Cc2ccc(-c3ccccn3)cc2C1. The average Bonchev–Trinajstić information content (AvgIpc) is 3.41. The van der Waals surface area contributed by atoms with E-state index in [1.54, 1.807) is 31.3 Å². The van der Waals surface area contributed by atoms with Crippen molar-refractivity contribution in [2.45, 2.75) is 37.1 Å². The van der Waals surface area contributed by atoms with E-state index in [-0.39, 0.29) is 27.8 Å². The van der Waals surface area contributed by atoms with Gasteiger partial charge in [0.25, 0.3) is 10.0 Å². The van der Waals surface area contributed by atoms with Crippen LogP contribution in [0.25, 0.3) is 11.3 Å². The first-order valence-electron chi connectivity index (χ1n) is 11.8. The zero-order valence-corrected chi connectivity index (χ0v) is 21.9. The number of sulfonamides is 1. The molecule has 2 atom stereocenters. The summed E-state index contributed by atoms with van der Waals surface area (Å²) in [6.45, 7) is 1.98. The van der Waals surface area contributed by atoms with E-state index in [0.29, 0.717) is 24.9 Å². The van der Waals surface area contributed by atoms with E-state index < -0.39 is 10.0 Å². The van der Waals surface area contributed by atoms with E-state index in [9.17, 15) is 13.2 Å². The molecule has 1 aliphatic heterocycles. The summed E-state index contributed by atoms with van der Waals surface area (Å²) in [5.74, 6) is -0.214. The first kappa shape index (κ1) is 24.5. The molecule has 0 N–H and O–H groups in total. The predicted octanol–water partition coefficient (Wildman–Crippen LogP) is 4.37. The lowest BCUT2D eigenvalue weighted by Crippen LogP contribution is -2.40. The molecule has 0 spiro atoms. The first-order chi connectivity index (χ1) is 17.1. The van der Waals surface area contributed by atoms with Crippen LogP contribution in [0.3, 0.4) is 0 Å². The van der Waals surface area contributed by atoms with Crippen LogP contribution in [-0.2, 0) is 34.1 Å². The van der Waals surface area contributed by atoms with Gasteiger partial charge in [-0.2, -0.15) is 8.42 Å². The topological polar surface area (TPSA) is 82.9 Å². The molecule has 1 amide bonds. The number of pyridine rings is 1. The van der Waals surface area contributed by atoms with Gasteiger partial charge in [0.15, 0.2) is 0 Å². The minimum atomic E-state index is -4.02. The molecule has 36 heavy (non-hydrogen) atoms. The Morgan fingerprint density at radius 1 is 1.08 bits per heavy atom. The lowest BCUT2D eigenvalue weighted by atomic mass is 10.0. The monoisotopic (exact) mass is 522 g/mol. The molecule has 0 unspecified atom stereocenters. The third kappa shape index (κ3) is 4.51. The second kappa shape index (κ2) is 9.33. The van der Waals surface area contributed by atoms with Crippen LogP contribution >= 0.6 is 11.6 Å². The molecule has 2 aromatic carbocycles. The smallest absolute Gasteiger partial charge is 0.285 e. The summed E-state index contributed by atoms with van der Waals surface area (Å²) in [6, 6.07) is 15.1. The van der Waals surface area contributed by atoms with Gasteiger partial charge in [-0.1, -0.05) is 29.8 Å². The van der Waals surface area contributed by atoms with Crippen LogP contribution in [0.15, 0.2) is 64.0 Å². The second-order valence-corrected chi connectivity index (χ2v) is 11.6. The van der Waals surface area contributed by atoms with Crippen molar-refractivity contribution in [2.24, 2.45) is 10.3 Å². The maximum Gasteiger partial charge on any atom is 0.285 e. The quantitative estimate of drug-likeness (QED) is 0.367. The minimum Gasteiger partial charge on any atom is -0.368 e. The zero-order valence-electron chi connectivity index (χ0n) is 20.3. The van der Waals surface area contributed by atoms with Gasteiger partial charge in [-0.25, -0.2) is 0 Å². The molecule has 9 heteroatoms. The van der Waals surface area contributed by atoms with Crippen LogP contribution < -0.4 is 4.90 Å². The lowest BCUT2D eigenvalue weighted by Gasteiger charge is -2.26. The number of hydrogen-bond donors (Lipinski definition) is 0. The Labute approximate surface area is 216 Å². The van der Waals surface area contributed by atoms with Crippen molar-refractivity contribution in [1.82, 2.24) is 9.88 Å². The van der Waals surface area contributed by atoms with Gasteiger partial charge in [0.05, 0.1) is 10.7 Å². The summed E-state index contributed by atoms with van der Waals surface area (Å²) in [5, 5.41) is 0.112. The molecule has 0 fully saturated rings. The number of carbonyl (C=O) groups excluding carboxylic acids is 1. The molecule has 0 radical (unpaired) electrons. The molecule has 0 saturated heterocycles. The summed E-state index contributed by atoms with van der Waals surface area (Å²) in [5.41, 5.74) is 5.72. The Balaban J connectivity index is 1.43. The van der Waals surface area contributed by atoms with Gasteiger partial charge in [0, 0.05) is 43.5 Å². The molecule has 0 saturated carbocycles. The highest BCUT2D eigenvalue weighted by atomic mass is 35.5. The summed E-state index contributed by atoms with van der Waals surface area (Å²) < 4.78 is 29.4. The Morgan fingerprint density at radius 3 is 2.58 bits per heavy atom. The van der Waals surface area contributed by atoms with Crippen LogP contribution in [0.2, 0.25) is 5.02 Å². The molecular weight excluding hydrogens is 496 g/mol. The van der Waals surface area contributed by atoms with Gasteiger partial charge in [0.2, 0.25) is 5.91 Å². The molecule has 0 bridgehead atoms. The summed E-state index contributed by atoms with van der Waals surface area (Å²) in [4.78, 5) is 21.4. The van der Waals surface area contributed by atoms with Crippen molar-refractivity contribution in [2.75, 3.05) is 19.0 Å². The van der Waals surface area contributed by atoms with Crippen LogP contribution in [-0.4, -0.2) is 50.7 Å². The zero-order chi connectivity index (χ0) is 25.6. The van der Waals surface area contributed by atoms with Crippen molar-refractivity contribution in [3.05, 3.63) is 76.4 Å². The highest BCUT2D eigenvalue weighted by Gasteiger charge is 2.38. The number of nitrogens with zero attached hydrogens (tertiary/aromatic N) is 4. The molecule has 7 nitrogen and oxygen atoms in total. The van der Waals surface area contributed by atoms with E-state index in [4.69, 9.17) is 11.6 Å². The average molecular weight is 523 g/mol. The third-order valence-corrected chi connectivity index (χ3v) is 8.42. The maximum absolute atomic E-state index is 13.8.